The maximum atomic E-state index is 5.82. The van der Waals surface area contributed by atoms with Gasteiger partial charge in [-0.2, -0.15) is 0 Å². The van der Waals surface area contributed by atoms with Crippen LogP contribution in [-0.4, -0.2) is 12.3 Å². The van der Waals surface area contributed by atoms with Crippen LogP contribution in [0.4, 0.5) is 5.69 Å². The van der Waals surface area contributed by atoms with Gasteiger partial charge in [0.1, 0.15) is 11.4 Å². The summed E-state index contributed by atoms with van der Waals surface area (Å²) in [5, 5.41) is 0. The van der Waals surface area contributed by atoms with Crippen molar-refractivity contribution in [2.75, 3.05) is 0 Å². The van der Waals surface area contributed by atoms with Crippen molar-refractivity contribution in [1.82, 2.24) is 0 Å². The predicted octanol–water partition coefficient (Wildman–Crippen LogP) is 4.06. The van der Waals surface area contributed by atoms with Crippen molar-refractivity contribution in [3.8, 4) is 5.75 Å². The molecular weight excluding hydrogens is 198 g/mol. The molecule has 86 valence electrons. The van der Waals surface area contributed by atoms with Crippen LogP contribution in [-0.2, 0) is 0 Å². The molecule has 0 aliphatic carbocycles. The average molecular weight is 217 g/mol. The van der Waals surface area contributed by atoms with Crippen LogP contribution in [0.3, 0.4) is 0 Å². The van der Waals surface area contributed by atoms with E-state index < -0.39 is 0 Å². The molecule has 0 aliphatic rings. The first-order valence-corrected chi connectivity index (χ1v) is 5.60. The Kier molecular flexibility index (Phi) is 4.77. The third-order valence-electron chi connectivity index (χ3n) is 2.41. The number of aryl methyl sites for hydroxylation is 1. The third kappa shape index (κ3) is 3.23. The molecule has 0 N–H and O–H groups in total. The summed E-state index contributed by atoms with van der Waals surface area (Å²) in [5.41, 5.74) is 2.00. The first-order valence-electron chi connectivity index (χ1n) is 5.60. The SMILES string of the molecule is C=CC=Nc1c(C)cccc1OC(C)CC. The number of rotatable bonds is 5. The smallest absolute Gasteiger partial charge is 0.145 e. The Morgan fingerprint density at radius 2 is 2.25 bits per heavy atom. The molecule has 0 radical (unpaired) electrons. The van der Waals surface area contributed by atoms with E-state index in [-0.39, 0.29) is 6.10 Å². The van der Waals surface area contributed by atoms with Gasteiger partial charge in [0, 0.05) is 6.21 Å². The molecule has 0 spiro atoms. The Balaban J connectivity index is 3.02. The van der Waals surface area contributed by atoms with Crippen LogP contribution < -0.4 is 4.74 Å². The lowest BCUT2D eigenvalue weighted by Crippen LogP contribution is -2.09. The third-order valence-corrected chi connectivity index (χ3v) is 2.41. The van der Waals surface area contributed by atoms with Gasteiger partial charge in [-0.15, -0.1) is 0 Å². The molecule has 16 heavy (non-hydrogen) atoms. The van der Waals surface area contributed by atoms with E-state index in [2.05, 4.69) is 25.4 Å². The number of hydrogen-bond donors (Lipinski definition) is 0. The van der Waals surface area contributed by atoms with Crippen LogP contribution in [0.2, 0.25) is 0 Å². The zero-order valence-electron chi connectivity index (χ0n) is 10.2. The fraction of sp³-hybridized carbons (Fsp3) is 0.357. The molecule has 0 amide bonds. The van der Waals surface area contributed by atoms with Crippen LogP contribution in [0.25, 0.3) is 0 Å². The van der Waals surface area contributed by atoms with Crippen molar-refractivity contribution in [1.29, 1.82) is 0 Å². The summed E-state index contributed by atoms with van der Waals surface area (Å²) in [5.74, 6) is 0.840. The molecule has 1 rings (SSSR count). The van der Waals surface area contributed by atoms with Gasteiger partial charge in [0.2, 0.25) is 0 Å². The molecule has 1 aromatic carbocycles. The lowest BCUT2D eigenvalue weighted by Gasteiger charge is -2.15. The van der Waals surface area contributed by atoms with E-state index in [1.54, 1.807) is 12.3 Å². The molecule has 0 heterocycles. The number of allylic oxidation sites excluding steroid dienone is 1. The molecule has 0 aromatic heterocycles. The summed E-state index contributed by atoms with van der Waals surface area (Å²) in [6.45, 7) is 9.81. The molecule has 1 atom stereocenters. The topological polar surface area (TPSA) is 21.6 Å². The fourth-order valence-electron chi connectivity index (χ4n) is 1.32. The van der Waals surface area contributed by atoms with E-state index in [1.165, 1.54) is 0 Å². The molecule has 1 aromatic rings. The van der Waals surface area contributed by atoms with Crippen LogP contribution in [0, 0.1) is 6.92 Å². The van der Waals surface area contributed by atoms with E-state index in [9.17, 15) is 0 Å². The number of aliphatic imine (C=N–C) groups is 1. The molecule has 0 aliphatic heterocycles. The normalized spacial score (nSPS) is 12.7. The van der Waals surface area contributed by atoms with E-state index in [4.69, 9.17) is 4.74 Å². The molecule has 0 bridgehead atoms. The summed E-state index contributed by atoms with van der Waals surface area (Å²) in [6, 6.07) is 5.97. The van der Waals surface area contributed by atoms with Crippen LogP contribution in [0.5, 0.6) is 5.75 Å². The van der Waals surface area contributed by atoms with Crippen LogP contribution >= 0.6 is 0 Å². The van der Waals surface area contributed by atoms with Gasteiger partial charge in [-0.1, -0.05) is 31.7 Å². The average Bonchev–Trinajstić information content (AvgIpc) is 2.28. The minimum absolute atomic E-state index is 0.208. The molecule has 2 heteroatoms. The standard InChI is InChI=1S/C14H19NO/c1-5-10-15-14-11(3)8-7-9-13(14)16-12(4)6-2/h5,7-10,12H,1,6H2,2-4H3. The van der Waals surface area contributed by atoms with Crippen molar-refractivity contribution < 1.29 is 4.74 Å². The van der Waals surface area contributed by atoms with Gasteiger partial charge in [-0.25, -0.2) is 0 Å². The lowest BCUT2D eigenvalue weighted by molar-refractivity contribution is 0.218. The number of ether oxygens (including phenoxy) is 1. The Labute approximate surface area is 97.7 Å². The molecular formula is C14H19NO. The minimum Gasteiger partial charge on any atom is -0.488 e. The Morgan fingerprint density at radius 1 is 1.50 bits per heavy atom. The lowest BCUT2D eigenvalue weighted by atomic mass is 10.2. The minimum atomic E-state index is 0.208. The van der Waals surface area contributed by atoms with Gasteiger partial charge in [0.05, 0.1) is 6.10 Å². The Morgan fingerprint density at radius 3 is 2.88 bits per heavy atom. The van der Waals surface area contributed by atoms with Crippen molar-refractivity contribution >= 4 is 11.9 Å². The molecule has 0 saturated heterocycles. The summed E-state index contributed by atoms with van der Waals surface area (Å²) < 4.78 is 5.82. The highest BCUT2D eigenvalue weighted by molar-refractivity contribution is 5.76. The molecule has 1 unspecified atom stereocenters. The van der Waals surface area contributed by atoms with E-state index in [0.29, 0.717) is 0 Å². The van der Waals surface area contributed by atoms with Gasteiger partial charge in [-0.3, -0.25) is 4.99 Å². The zero-order valence-corrected chi connectivity index (χ0v) is 10.2. The first kappa shape index (κ1) is 12.5. The number of nitrogens with zero attached hydrogens (tertiary/aromatic N) is 1. The summed E-state index contributed by atoms with van der Waals surface area (Å²) >= 11 is 0. The van der Waals surface area contributed by atoms with Gasteiger partial charge in [-0.05, 0) is 31.9 Å². The second-order valence-corrected chi connectivity index (χ2v) is 3.77. The van der Waals surface area contributed by atoms with E-state index in [0.717, 1.165) is 23.4 Å². The van der Waals surface area contributed by atoms with Gasteiger partial charge < -0.3 is 4.74 Å². The monoisotopic (exact) mass is 217 g/mol. The highest BCUT2D eigenvalue weighted by Gasteiger charge is 2.07. The summed E-state index contributed by atoms with van der Waals surface area (Å²) in [4.78, 5) is 4.34. The van der Waals surface area contributed by atoms with Crippen LogP contribution in [0.15, 0.2) is 35.8 Å². The second kappa shape index (κ2) is 6.11. The number of para-hydroxylation sites is 1. The number of benzene rings is 1. The van der Waals surface area contributed by atoms with Crippen molar-refractivity contribution in [3.05, 3.63) is 36.4 Å². The second-order valence-electron chi connectivity index (χ2n) is 3.77. The van der Waals surface area contributed by atoms with Gasteiger partial charge in [0.15, 0.2) is 0 Å². The largest absolute Gasteiger partial charge is 0.488 e. The summed E-state index contributed by atoms with van der Waals surface area (Å²) in [7, 11) is 0. The highest BCUT2D eigenvalue weighted by Crippen LogP contribution is 2.31. The highest BCUT2D eigenvalue weighted by atomic mass is 16.5. The quantitative estimate of drug-likeness (QED) is 0.681. The maximum Gasteiger partial charge on any atom is 0.145 e. The van der Waals surface area contributed by atoms with Crippen LogP contribution in [0.1, 0.15) is 25.8 Å². The van der Waals surface area contributed by atoms with Crippen molar-refractivity contribution in [3.63, 3.8) is 0 Å². The Hall–Kier alpha value is -1.57. The number of hydrogen-bond acceptors (Lipinski definition) is 2. The molecule has 2 nitrogen and oxygen atoms in total. The molecule has 0 fully saturated rings. The fourth-order valence-corrected chi connectivity index (χ4v) is 1.32. The Bertz CT molecular complexity index is 382. The van der Waals surface area contributed by atoms with Crippen molar-refractivity contribution in [2.24, 2.45) is 4.99 Å². The van der Waals surface area contributed by atoms with Gasteiger partial charge >= 0.3 is 0 Å². The molecule has 0 saturated carbocycles. The zero-order chi connectivity index (χ0) is 12.0. The first-order chi connectivity index (χ1) is 7.69. The van der Waals surface area contributed by atoms with E-state index >= 15 is 0 Å². The van der Waals surface area contributed by atoms with Crippen molar-refractivity contribution in [2.45, 2.75) is 33.3 Å². The maximum absolute atomic E-state index is 5.82. The summed E-state index contributed by atoms with van der Waals surface area (Å²) in [6.07, 6.45) is 4.54. The predicted molar refractivity (Wildman–Crippen MR) is 69.9 cm³/mol. The van der Waals surface area contributed by atoms with E-state index in [1.807, 2.05) is 25.1 Å². The van der Waals surface area contributed by atoms with Gasteiger partial charge in [0.25, 0.3) is 0 Å².